The van der Waals surface area contributed by atoms with Gasteiger partial charge in [0.15, 0.2) is 0 Å². The van der Waals surface area contributed by atoms with Crippen molar-refractivity contribution < 1.29 is 18.7 Å². The molecular formula is C8H4BrClF2O2. The van der Waals surface area contributed by atoms with Gasteiger partial charge in [-0.25, -0.2) is 13.6 Å². The number of hydrogen-bond donors (Lipinski definition) is 1. The Morgan fingerprint density at radius 2 is 2.07 bits per heavy atom. The number of aromatic carboxylic acids is 1. The molecule has 1 rings (SSSR count). The minimum atomic E-state index is -2.85. The van der Waals surface area contributed by atoms with E-state index in [9.17, 15) is 13.6 Å². The summed E-state index contributed by atoms with van der Waals surface area (Å²) in [6.07, 6.45) is -2.85. The van der Waals surface area contributed by atoms with Crippen molar-refractivity contribution in [2.24, 2.45) is 0 Å². The Morgan fingerprint density at radius 3 is 2.50 bits per heavy atom. The number of halogens is 4. The second-order valence-corrected chi connectivity index (χ2v) is 3.66. The highest BCUT2D eigenvalue weighted by Crippen LogP contribution is 2.33. The number of alkyl halides is 2. The fraction of sp³-hybridized carbons (Fsp3) is 0.125. The number of hydrogen-bond acceptors (Lipinski definition) is 1. The minimum Gasteiger partial charge on any atom is -0.478 e. The van der Waals surface area contributed by atoms with Crippen LogP contribution in [0, 0.1) is 0 Å². The van der Waals surface area contributed by atoms with E-state index in [0.29, 0.717) is 0 Å². The molecule has 2 nitrogen and oxygen atoms in total. The van der Waals surface area contributed by atoms with Gasteiger partial charge in [0.1, 0.15) is 0 Å². The van der Waals surface area contributed by atoms with Crippen molar-refractivity contribution in [3.05, 3.63) is 32.8 Å². The molecule has 14 heavy (non-hydrogen) atoms. The van der Waals surface area contributed by atoms with Crippen LogP contribution < -0.4 is 0 Å². The van der Waals surface area contributed by atoms with Crippen molar-refractivity contribution in [2.75, 3.05) is 0 Å². The molecule has 1 N–H and O–H groups in total. The third-order valence-corrected chi connectivity index (χ3v) is 2.86. The molecule has 76 valence electrons. The highest BCUT2D eigenvalue weighted by Gasteiger charge is 2.22. The first-order chi connectivity index (χ1) is 6.45. The first-order valence-electron chi connectivity index (χ1n) is 3.44. The Morgan fingerprint density at radius 1 is 1.50 bits per heavy atom. The molecule has 1 aromatic carbocycles. The number of carbonyl (C=O) groups is 1. The van der Waals surface area contributed by atoms with Crippen LogP contribution in [-0.2, 0) is 0 Å². The molecular weight excluding hydrogens is 281 g/mol. The SMILES string of the molecule is O=C(O)c1c(C(F)F)ccc(Br)c1Cl. The van der Waals surface area contributed by atoms with Crippen molar-refractivity contribution in [3.63, 3.8) is 0 Å². The van der Waals surface area contributed by atoms with Gasteiger partial charge in [0.2, 0.25) is 0 Å². The number of carboxylic acids is 1. The van der Waals surface area contributed by atoms with E-state index in [2.05, 4.69) is 15.9 Å². The molecule has 0 radical (unpaired) electrons. The normalized spacial score (nSPS) is 10.6. The lowest BCUT2D eigenvalue weighted by Gasteiger charge is -2.07. The summed E-state index contributed by atoms with van der Waals surface area (Å²) < 4.78 is 25.0. The van der Waals surface area contributed by atoms with E-state index < -0.39 is 23.5 Å². The van der Waals surface area contributed by atoms with E-state index in [1.165, 1.54) is 6.07 Å². The topological polar surface area (TPSA) is 37.3 Å². The number of carboxylic acid groups (broad SMARTS) is 1. The van der Waals surface area contributed by atoms with Gasteiger partial charge < -0.3 is 5.11 Å². The van der Waals surface area contributed by atoms with Crippen LogP contribution >= 0.6 is 27.5 Å². The van der Waals surface area contributed by atoms with Crippen LogP contribution in [0.15, 0.2) is 16.6 Å². The number of benzene rings is 1. The summed E-state index contributed by atoms with van der Waals surface area (Å²) in [7, 11) is 0. The second-order valence-electron chi connectivity index (χ2n) is 2.43. The van der Waals surface area contributed by atoms with E-state index in [-0.39, 0.29) is 9.50 Å². The molecule has 0 fully saturated rings. The molecule has 0 unspecified atom stereocenters. The Hall–Kier alpha value is -0.680. The summed E-state index contributed by atoms with van der Waals surface area (Å²) in [5.41, 5.74) is -1.14. The molecule has 0 bridgehead atoms. The molecule has 0 aromatic heterocycles. The summed E-state index contributed by atoms with van der Waals surface area (Å²) >= 11 is 8.53. The summed E-state index contributed by atoms with van der Waals surface area (Å²) in [5.74, 6) is -1.47. The molecule has 0 saturated heterocycles. The fourth-order valence-corrected chi connectivity index (χ4v) is 1.55. The summed E-state index contributed by atoms with van der Waals surface area (Å²) in [5, 5.41) is 8.47. The van der Waals surface area contributed by atoms with Gasteiger partial charge >= 0.3 is 5.97 Å². The van der Waals surface area contributed by atoms with Crippen molar-refractivity contribution in [3.8, 4) is 0 Å². The highest BCUT2D eigenvalue weighted by atomic mass is 79.9. The monoisotopic (exact) mass is 284 g/mol. The molecule has 0 spiro atoms. The average molecular weight is 285 g/mol. The third kappa shape index (κ3) is 2.04. The Labute approximate surface area is 91.6 Å². The van der Waals surface area contributed by atoms with Crippen LogP contribution in [0.2, 0.25) is 5.02 Å². The zero-order chi connectivity index (χ0) is 10.9. The van der Waals surface area contributed by atoms with Gasteiger partial charge in [-0.1, -0.05) is 17.7 Å². The zero-order valence-corrected chi connectivity index (χ0v) is 8.94. The summed E-state index contributed by atoms with van der Waals surface area (Å²) in [6, 6.07) is 2.32. The van der Waals surface area contributed by atoms with Gasteiger partial charge in [0, 0.05) is 10.0 Å². The van der Waals surface area contributed by atoms with Gasteiger partial charge in [0.25, 0.3) is 6.43 Å². The van der Waals surface area contributed by atoms with Crippen LogP contribution in [-0.4, -0.2) is 11.1 Å². The predicted molar refractivity (Wildman–Crippen MR) is 51.1 cm³/mol. The minimum absolute atomic E-state index is 0.213. The van der Waals surface area contributed by atoms with Crippen LogP contribution in [0.5, 0.6) is 0 Å². The summed E-state index contributed by atoms with van der Waals surface area (Å²) in [6.45, 7) is 0. The lowest BCUT2D eigenvalue weighted by Crippen LogP contribution is -2.04. The molecule has 0 saturated carbocycles. The van der Waals surface area contributed by atoms with Crippen LogP contribution in [0.3, 0.4) is 0 Å². The number of rotatable bonds is 2. The first-order valence-corrected chi connectivity index (χ1v) is 4.61. The lowest BCUT2D eigenvalue weighted by atomic mass is 10.1. The molecule has 6 heteroatoms. The van der Waals surface area contributed by atoms with E-state index >= 15 is 0 Å². The standard InChI is InChI=1S/C8H4BrClF2O2/c9-4-2-1-3(7(11)12)5(6(4)10)8(13)14/h1-2,7H,(H,13,14). The van der Waals surface area contributed by atoms with Crippen LogP contribution in [0.1, 0.15) is 22.3 Å². The maximum atomic E-state index is 12.4. The van der Waals surface area contributed by atoms with Crippen LogP contribution in [0.25, 0.3) is 0 Å². The van der Waals surface area contributed by atoms with Crippen molar-refractivity contribution in [1.29, 1.82) is 0 Å². The van der Waals surface area contributed by atoms with E-state index in [1.54, 1.807) is 0 Å². The summed E-state index contributed by atoms with van der Waals surface area (Å²) in [4.78, 5) is 10.7. The second kappa shape index (κ2) is 4.23. The lowest BCUT2D eigenvalue weighted by molar-refractivity contribution is 0.0685. The molecule has 1 aromatic rings. The van der Waals surface area contributed by atoms with Gasteiger partial charge in [-0.2, -0.15) is 0 Å². The molecule has 0 aliphatic rings. The average Bonchev–Trinajstić information content (AvgIpc) is 2.08. The smallest absolute Gasteiger partial charge is 0.337 e. The molecule has 0 heterocycles. The highest BCUT2D eigenvalue weighted by molar-refractivity contribution is 9.10. The molecule has 0 aliphatic carbocycles. The predicted octanol–water partition coefficient (Wildman–Crippen LogP) is 3.74. The van der Waals surface area contributed by atoms with Gasteiger partial charge in [-0.3, -0.25) is 0 Å². The fourth-order valence-electron chi connectivity index (χ4n) is 0.965. The largest absolute Gasteiger partial charge is 0.478 e. The van der Waals surface area contributed by atoms with E-state index in [0.717, 1.165) is 6.07 Å². The Kier molecular flexibility index (Phi) is 3.44. The van der Waals surface area contributed by atoms with Crippen LogP contribution in [0.4, 0.5) is 8.78 Å². The maximum absolute atomic E-state index is 12.4. The van der Waals surface area contributed by atoms with Crippen molar-refractivity contribution >= 4 is 33.5 Å². The molecule has 0 amide bonds. The van der Waals surface area contributed by atoms with Gasteiger partial charge in [-0.05, 0) is 22.0 Å². The quantitative estimate of drug-likeness (QED) is 0.899. The van der Waals surface area contributed by atoms with Gasteiger partial charge in [0.05, 0.1) is 10.6 Å². The molecule has 0 atom stereocenters. The molecule has 0 aliphatic heterocycles. The Bertz CT molecular complexity index is 382. The maximum Gasteiger partial charge on any atom is 0.337 e. The first kappa shape index (κ1) is 11.4. The van der Waals surface area contributed by atoms with Crippen molar-refractivity contribution in [1.82, 2.24) is 0 Å². The zero-order valence-electron chi connectivity index (χ0n) is 6.60. The van der Waals surface area contributed by atoms with Gasteiger partial charge in [-0.15, -0.1) is 0 Å². The van der Waals surface area contributed by atoms with Crippen molar-refractivity contribution in [2.45, 2.75) is 6.43 Å². The third-order valence-electron chi connectivity index (χ3n) is 1.58. The van der Waals surface area contributed by atoms with E-state index in [4.69, 9.17) is 16.7 Å². The Balaban J connectivity index is 3.45. The van der Waals surface area contributed by atoms with E-state index in [1.807, 2.05) is 0 Å².